The summed E-state index contributed by atoms with van der Waals surface area (Å²) in [6.45, 7) is 4.71. The Bertz CT molecular complexity index is 3000. The minimum Gasteiger partial charge on any atom is -0.456 e. The Balaban J connectivity index is 1.18. The molecule has 10 aromatic rings. The fourth-order valence-corrected chi connectivity index (χ4v) is 9.20. The molecule has 1 nitrogen and oxygen atoms in total. The van der Waals surface area contributed by atoms with Crippen LogP contribution in [0.5, 0.6) is 0 Å². The molecule has 0 saturated heterocycles. The monoisotopic (exact) mass is 636 g/mol. The molecule has 50 heavy (non-hydrogen) atoms. The van der Waals surface area contributed by atoms with E-state index in [0.717, 1.165) is 16.6 Å². The summed E-state index contributed by atoms with van der Waals surface area (Å²) in [4.78, 5) is 0. The maximum atomic E-state index is 6.64. The maximum Gasteiger partial charge on any atom is 0.135 e. The standard InChI is InChI=1S/C49H32O/c1-49(2)43-28-45-42(27-40(43)39-24-22-30-13-4-6-16-33(30)48(39)49)41-26-31(23-25-44(41)50-45)46-35-17-7-9-19-37(35)47(38-20-10-8-18-36(38)46)34-21-11-14-29-12-3-5-15-32(29)34/h3-28H,1-2H3. The quantitative estimate of drug-likeness (QED) is 0.172. The van der Waals surface area contributed by atoms with Gasteiger partial charge in [-0.25, -0.2) is 0 Å². The van der Waals surface area contributed by atoms with Crippen LogP contribution < -0.4 is 0 Å². The number of furan rings is 1. The smallest absolute Gasteiger partial charge is 0.135 e. The molecular formula is C49H32O. The molecule has 1 aliphatic carbocycles. The van der Waals surface area contributed by atoms with E-state index in [1.807, 2.05) is 0 Å². The van der Waals surface area contributed by atoms with E-state index < -0.39 is 0 Å². The van der Waals surface area contributed by atoms with Gasteiger partial charge in [0.05, 0.1) is 0 Å². The Morgan fingerprint density at radius 3 is 1.68 bits per heavy atom. The lowest BCUT2D eigenvalue weighted by Crippen LogP contribution is -2.15. The molecule has 0 saturated carbocycles. The molecule has 1 aromatic heterocycles. The molecule has 0 atom stereocenters. The van der Waals surface area contributed by atoms with Crippen molar-refractivity contribution in [2.24, 2.45) is 0 Å². The topological polar surface area (TPSA) is 13.1 Å². The van der Waals surface area contributed by atoms with Crippen molar-refractivity contribution in [1.82, 2.24) is 0 Å². The average molecular weight is 637 g/mol. The fraction of sp³-hybridized carbons (Fsp3) is 0.0612. The zero-order valence-corrected chi connectivity index (χ0v) is 27.9. The van der Waals surface area contributed by atoms with Crippen molar-refractivity contribution < 1.29 is 4.42 Å². The lowest BCUT2D eigenvalue weighted by Gasteiger charge is -2.23. The van der Waals surface area contributed by atoms with Gasteiger partial charge in [0.25, 0.3) is 0 Å². The summed E-state index contributed by atoms with van der Waals surface area (Å²) in [5.74, 6) is 0. The third-order valence-electron chi connectivity index (χ3n) is 11.4. The van der Waals surface area contributed by atoms with Gasteiger partial charge in [-0.1, -0.05) is 147 Å². The molecule has 1 heterocycles. The molecule has 0 N–H and O–H groups in total. The van der Waals surface area contributed by atoms with Crippen molar-refractivity contribution in [3.63, 3.8) is 0 Å². The lowest BCUT2D eigenvalue weighted by atomic mass is 9.80. The predicted molar refractivity (Wildman–Crippen MR) is 212 cm³/mol. The number of benzene rings is 9. The van der Waals surface area contributed by atoms with E-state index in [-0.39, 0.29) is 5.41 Å². The van der Waals surface area contributed by atoms with Crippen molar-refractivity contribution in [2.45, 2.75) is 19.3 Å². The van der Waals surface area contributed by atoms with E-state index in [9.17, 15) is 0 Å². The van der Waals surface area contributed by atoms with Gasteiger partial charge in [0.1, 0.15) is 11.2 Å². The summed E-state index contributed by atoms with van der Waals surface area (Å²) in [6.07, 6.45) is 0. The van der Waals surface area contributed by atoms with E-state index >= 15 is 0 Å². The molecule has 1 aliphatic rings. The first-order valence-corrected chi connectivity index (χ1v) is 17.5. The van der Waals surface area contributed by atoms with Gasteiger partial charge in [0.15, 0.2) is 0 Å². The highest BCUT2D eigenvalue weighted by Gasteiger charge is 2.37. The SMILES string of the molecule is CC1(C)c2cc3oc4ccc(-c5c6ccccc6c(-c6cccc7ccccc67)c6ccccc56)cc4c3cc2-c2ccc3ccccc3c21. The molecular weight excluding hydrogens is 605 g/mol. The molecule has 234 valence electrons. The Labute approximate surface area is 290 Å². The van der Waals surface area contributed by atoms with Crippen LogP contribution in [0.15, 0.2) is 162 Å². The number of fused-ring (bicyclic) bond motifs is 11. The summed E-state index contributed by atoms with van der Waals surface area (Å²) < 4.78 is 6.64. The first-order valence-electron chi connectivity index (χ1n) is 17.5. The zero-order chi connectivity index (χ0) is 33.1. The molecule has 0 spiro atoms. The molecule has 0 radical (unpaired) electrons. The van der Waals surface area contributed by atoms with Crippen molar-refractivity contribution in [1.29, 1.82) is 0 Å². The Morgan fingerprint density at radius 1 is 0.380 bits per heavy atom. The van der Waals surface area contributed by atoms with Gasteiger partial charge in [0.2, 0.25) is 0 Å². The van der Waals surface area contributed by atoms with Crippen molar-refractivity contribution in [3.8, 4) is 33.4 Å². The van der Waals surface area contributed by atoms with Gasteiger partial charge >= 0.3 is 0 Å². The van der Waals surface area contributed by atoms with Gasteiger partial charge in [-0.05, 0) is 112 Å². The minimum atomic E-state index is -0.131. The molecule has 1 heteroatoms. The largest absolute Gasteiger partial charge is 0.456 e. The molecule has 0 fully saturated rings. The Hall–Kier alpha value is -6.18. The van der Waals surface area contributed by atoms with Gasteiger partial charge in [-0.2, -0.15) is 0 Å². The maximum absolute atomic E-state index is 6.64. The van der Waals surface area contributed by atoms with Crippen molar-refractivity contribution in [2.75, 3.05) is 0 Å². The van der Waals surface area contributed by atoms with E-state index in [1.54, 1.807) is 0 Å². The van der Waals surface area contributed by atoms with Crippen LogP contribution in [0, 0.1) is 0 Å². The average Bonchev–Trinajstić information content (AvgIpc) is 3.63. The highest BCUT2D eigenvalue weighted by Crippen LogP contribution is 2.53. The molecule has 11 rings (SSSR count). The number of rotatable bonds is 2. The summed E-state index contributed by atoms with van der Waals surface area (Å²) in [5, 5.41) is 12.5. The van der Waals surface area contributed by atoms with Crippen LogP contribution in [0.4, 0.5) is 0 Å². The first-order chi connectivity index (χ1) is 24.6. The van der Waals surface area contributed by atoms with Crippen LogP contribution in [-0.2, 0) is 5.41 Å². The van der Waals surface area contributed by atoms with Crippen LogP contribution in [0.3, 0.4) is 0 Å². The zero-order valence-electron chi connectivity index (χ0n) is 27.9. The van der Waals surface area contributed by atoms with Gasteiger partial charge in [0, 0.05) is 16.2 Å². The van der Waals surface area contributed by atoms with E-state index in [2.05, 4.69) is 172 Å². The molecule has 0 unspecified atom stereocenters. The van der Waals surface area contributed by atoms with Gasteiger partial charge in [-0.3, -0.25) is 0 Å². The van der Waals surface area contributed by atoms with Crippen molar-refractivity contribution >= 4 is 65.0 Å². The third-order valence-corrected chi connectivity index (χ3v) is 11.4. The summed E-state index contributed by atoms with van der Waals surface area (Å²) >= 11 is 0. The van der Waals surface area contributed by atoms with E-state index in [0.29, 0.717) is 0 Å². The highest BCUT2D eigenvalue weighted by molar-refractivity contribution is 6.24. The first kappa shape index (κ1) is 27.7. The second-order valence-electron chi connectivity index (χ2n) is 14.4. The van der Waals surface area contributed by atoms with Gasteiger partial charge in [-0.15, -0.1) is 0 Å². The van der Waals surface area contributed by atoms with Crippen LogP contribution >= 0.6 is 0 Å². The minimum absolute atomic E-state index is 0.131. The normalized spacial score (nSPS) is 13.6. The summed E-state index contributed by atoms with van der Waals surface area (Å²) in [5.41, 5.74) is 12.1. The van der Waals surface area contributed by atoms with Gasteiger partial charge < -0.3 is 4.42 Å². The fourth-order valence-electron chi connectivity index (χ4n) is 9.20. The second kappa shape index (κ2) is 9.94. The lowest BCUT2D eigenvalue weighted by molar-refractivity contribution is 0.650. The third kappa shape index (κ3) is 3.67. The Morgan fingerprint density at radius 2 is 0.960 bits per heavy atom. The van der Waals surface area contributed by atoms with Crippen LogP contribution in [-0.4, -0.2) is 0 Å². The summed E-state index contributed by atoms with van der Waals surface area (Å²) in [7, 11) is 0. The highest BCUT2D eigenvalue weighted by atomic mass is 16.3. The molecule has 0 aliphatic heterocycles. The Kier molecular flexibility index (Phi) is 5.51. The molecule has 0 amide bonds. The van der Waals surface area contributed by atoms with Crippen LogP contribution in [0.2, 0.25) is 0 Å². The second-order valence-corrected chi connectivity index (χ2v) is 14.4. The van der Waals surface area contributed by atoms with Crippen molar-refractivity contribution in [3.05, 3.63) is 169 Å². The van der Waals surface area contributed by atoms with Crippen LogP contribution in [0.25, 0.3) is 98.4 Å². The molecule has 9 aromatic carbocycles. The number of hydrogen-bond acceptors (Lipinski definition) is 1. The van der Waals surface area contributed by atoms with E-state index in [1.165, 1.54) is 93.0 Å². The molecule has 0 bridgehead atoms. The number of hydrogen-bond donors (Lipinski definition) is 0. The predicted octanol–water partition coefficient (Wildman–Crippen LogP) is 13.8. The van der Waals surface area contributed by atoms with Crippen LogP contribution in [0.1, 0.15) is 25.0 Å². The summed E-state index contributed by atoms with van der Waals surface area (Å²) in [6, 6.07) is 58.1. The van der Waals surface area contributed by atoms with E-state index in [4.69, 9.17) is 4.42 Å².